The van der Waals surface area contributed by atoms with E-state index in [0.717, 1.165) is 11.8 Å². The van der Waals surface area contributed by atoms with Crippen molar-refractivity contribution >= 4 is 15.9 Å². The fourth-order valence-electron chi connectivity index (χ4n) is 1.24. The molecule has 1 aromatic carbocycles. The number of halogens is 3. The third kappa shape index (κ3) is 3.87. The third-order valence-electron chi connectivity index (χ3n) is 2.23. The maximum atomic E-state index is 13.2. The molecule has 0 saturated carbocycles. The van der Waals surface area contributed by atoms with Crippen LogP contribution in [0.25, 0.3) is 0 Å². The molecule has 0 saturated heterocycles. The highest BCUT2D eigenvalue weighted by molar-refractivity contribution is 9.09. The second-order valence-corrected chi connectivity index (χ2v) is 4.25. The van der Waals surface area contributed by atoms with E-state index in [-0.39, 0.29) is 18.2 Å². The minimum Gasteiger partial charge on any atom is -0.310 e. The molecule has 1 aromatic rings. The molecule has 0 bridgehead atoms. The van der Waals surface area contributed by atoms with Gasteiger partial charge in [-0.3, -0.25) is 0 Å². The fraction of sp³-hybridized carbons (Fsp3) is 0.455. The van der Waals surface area contributed by atoms with Crippen molar-refractivity contribution in [3.05, 3.63) is 35.4 Å². The van der Waals surface area contributed by atoms with Crippen molar-refractivity contribution in [1.29, 1.82) is 0 Å². The molecule has 0 aliphatic heterocycles. The summed E-state index contributed by atoms with van der Waals surface area (Å²) in [5.41, 5.74) is 0.110. The van der Waals surface area contributed by atoms with Gasteiger partial charge in [0.2, 0.25) is 0 Å². The molecular formula is C11H14BrF2N. The van der Waals surface area contributed by atoms with Gasteiger partial charge in [0.25, 0.3) is 0 Å². The highest BCUT2D eigenvalue weighted by Gasteiger charge is 2.09. The van der Waals surface area contributed by atoms with E-state index in [9.17, 15) is 8.78 Å². The standard InChI is InChI=1S/C11H14BrF2N/c1-8(5-6-12)15-7-9-10(13)3-2-4-11(9)14/h2-4,8,15H,5-7H2,1H3. The summed E-state index contributed by atoms with van der Waals surface area (Å²) in [6.45, 7) is 2.21. The highest BCUT2D eigenvalue weighted by atomic mass is 79.9. The lowest BCUT2D eigenvalue weighted by molar-refractivity contribution is 0.495. The number of benzene rings is 1. The first kappa shape index (κ1) is 12.6. The average Bonchev–Trinajstić information content (AvgIpc) is 2.17. The second kappa shape index (κ2) is 6.18. The topological polar surface area (TPSA) is 12.0 Å². The van der Waals surface area contributed by atoms with Crippen molar-refractivity contribution in [1.82, 2.24) is 5.32 Å². The number of nitrogens with one attached hydrogen (secondary N) is 1. The van der Waals surface area contributed by atoms with Crippen molar-refractivity contribution in [2.75, 3.05) is 5.33 Å². The molecule has 0 radical (unpaired) electrons. The van der Waals surface area contributed by atoms with Gasteiger partial charge in [-0.15, -0.1) is 0 Å². The van der Waals surface area contributed by atoms with Gasteiger partial charge in [0, 0.05) is 23.5 Å². The van der Waals surface area contributed by atoms with Crippen LogP contribution in [0.4, 0.5) is 8.78 Å². The lowest BCUT2D eigenvalue weighted by Gasteiger charge is -2.13. The monoisotopic (exact) mass is 277 g/mol. The Morgan fingerprint density at radius 2 is 1.93 bits per heavy atom. The Kier molecular flexibility index (Phi) is 5.19. The summed E-state index contributed by atoms with van der Waals surface area (Å²) in [5, 5.41) is 3.95. The molecule has 0 aliphatic rings. The molecule has 0 heterocycles. The van der Waals surface area contributed by atoms with Crippen LogP contribution < -0.4 is 5.32 Å². The van der Waals surface area contributed by atoms with Crippen LogP contribution >= 0.6 is 15.9 Å². The van der Waals surface area contributed by atoms with Crippen molar-refractivity contribution in [2.45, 2.75) is 25.9 Å². The minimum absolute atomic E-state index is 0.110. The first-order valence-electron chi connectivity index (χ1n) is 4.87. The quantitative estimate of drug-likeness (QED) is 0.815. The fourth-order valence-corrected chi connectivity index (χ4v) is 1.93. The summed E-state index contributed by atoms with van der Waals surface area (Å²) in [6.07, 6.45) is 0.927. The SMILES string of the molecule is CC(CCBr)NCc1c(F)cccc1F. The Hall–Kier alpha value is -0.480. The van der Waals surface area contributed by atoms with Crippen LogP contribution in [-0.4, -0.2) is 11.4 Å². The van der Waals surface area contributed by atoms with E-state index in [4.69, 9.17) is 0 Å². The molecule has 1 N–H and O–H groups in total. The van der Waals surface area contributed by atoms with Crippen LogP contribution in [0.5, 0.6) is 0 Å². The lowest BCUT2D eigenvalue weighted by atomic mass is 10.1. The van der Waals surface area contributed by atoms with Gasteiger partial charge in [0.05, 0.1) is 0 Å². The second-order valence-electron chi connectivity index (χ2n) is 3.46. The molecule has 0 aliphatic carbocycles. The van der Waals surface area contributed by atoms with E-state index < -0.39 is 11.6 Å². The van der Waals surface area contributed by atoms with Gasteiger partial charge < -0.3 is 5.32 Å². The van der Waals surface area contributed by atoms with Gasteiger partial charge in [-0.2, -0.15) is 0 Å². The molecule has 1 rings (SSSR count). The Labute approximate surface area is 97.0 Å². The van der Waals surface area contributed by atoms with Crippen LogP contribution in [0.1, 0.15) is 18.9 Å². The molecular weight excluding hydrogens is 264 g/mol. The maximum Gasteiger partial charge on any atom is 0.130 e. The van der Waals surface area contributed by atoms with Gasteiger partial charge in [-0.25, -0.2) is 8.78 Å². The van der Waals surface area contributed by atoms with Crippen LogP contribution in [0.15, 0.2) is 18.2 Å². The molecule has 1 unspecified atom stereocenters. The Morgan fingerprint density at radius 1 is 1.33 bits per heavy atom. The molecule has 0 aromatic heterocycles. The van der Waals surface area contributed by atoms with E-state index in [1.54, 1.807) is 0 Å². The summed E-state index contributed by atoms with van der Waals surface area (Å²) in [7, 11) is 0. The van der Waals surface area contributed by atoms with E-state index in [2.05, 4.69) is 21.2 Å². The largest absolute Gasteiger partial charge is 0.310 e. The molecule has 1 atom stereocenters. The predicted octanol–water partition coefficient (Wildman–Crippen LogP) is 3.23. The van der Waals surface area contributed by atoms with Crippen molar-refractivity contribution in [3.8, 4) is 0 Å². The number of rotatable bonds is 5. The first-order valence-corrected chi connectivity index (χ1v) is 5.99. The molecule has 1 nitrogen and oxygen atoms in total. The predicted molar refractivity (Wildman–Crippen MR) is 61.1 cm³/mol. The van der Waals surface area contributed by atoms with Crippen LogP contribution in [0, 0.1) is 11.6 Å². The molecule has 0 amide bonds. The molecule has 0 spiro atoms. The Morgan fingerprint density at radius 3 is 2.47 bits per heavy atom. The maximum absolute atomic E-state index is 13.2. The minimum atomic E-state index is -0.492. The molecule has 0 fully saturated rings. The zero-order chi connectivity index (χ0) is 11.3. The van der Waals surface area contributed by atoms with Crippen LogP contribution in [0.3, 0.4) is 0 Å². The number of alkyl halides is 1. The van der Waals surface area contributed by atoms with Crippen LogP contribution in [0.2, 0.25) is 0 Å². The zero-order valence-electron chi connectivity index (χ0n) is 8.56. The van der Waals surface area contributed by atoms with Gasteiger partial charge in [-0.1, -0.05) is 22.0 Å². The molecule has 4 heteroatoms. The van der Waals surface area contributed by atoms with Gasteiger partial charge in [0.15, 0.2) is 0 Å². The van der Waals surface area contributed by atoms with E-state index in [1.165, 1.54) is 18.2 Å². The van der Waals surface area contributed by atoms with Crippen molar-refractivity contribution in [3.63, 3.8) is 0 Å². The van der Waals surface area contributed by atoms with Crippen LogP contribution in [-0.2, 0) is 6.54 Å². The van der Waals surface area contributed by atoms with E-state index >= 15 is 0 Å². The van der Waals surface area contributed by atoms with Crippen molar-refractivity contribution in [2.24, 2.45) is 0 Å². The normalized spacial score (nSPS) is 12.8. The zero-order valence-corrected chi connectivity index (χ0v) is 10.2. The highest BCUT2D eigenvalue weighted by Crippen LogP contribution is 2.12. The van der Waals surface area contributed by atoms with Gasteiger partial charge in [0.1, 0.15) is 11.6 Å². The summed E-state index contributed by atoms with van der Waals surface area (Å²) >= 11 is 3.32. The third-order valence-corrected chi connectivity index (χ3v) is 2.69. The number of hydrogen-bond acceptors (Lipinski definition) is 1. The summed E-state index contributed by atoms with van der Waals surface area (Å²) in [5.74, 6) is -0.984. The summed E-state index contributed by atoms with van der Waals surface area (Å²) in [4.78, 5) is 0. The van der Waals surface area contributed by atoms with E-state index in [1.807, 2.05) is 6.92 Å². The van der Waals surface area contributed by atoms with Gasteiger partial charge >= 0.3 is 0 Å². The van der Waals surface area contributed by atoms with Crippen molar-refractivity contribution < 1.29 is 8.78 Å². The Balaban J connectivity index is 2.57. The summed E-state index contributed by atoms with van der Waals surface area (Å²) in [6, 6.07) is 4.16. The first-order chi connectivity index (χ1) is 7.15. The average molecular weight is 278 g/mol. The summed E-state index contributed by atoms with van der Waals surface area (Å²) < 4.78 is 26.4. The smallest absolute Gasteiger partial charge is 0.130 e. The molecule has 15 heavy (non-hydrogen) atoms. The number of hydrogen-bond donors (Lipinski definition) is 1. The molecule has 84 valence electrons. The Bertz CT molecular complexity index is 297. The van der Waals surface area contributed by atoms with E-state index in [0.29, 0.717) is 0 Å². The van der Waals surface area contributed by atoms with Gasteiger partial charge in [-0.05, 0) is 25.5 Å². The lowest BCUT2D eigenvalue weighted by Crippen LogP contribution is -2.26.